The predicted molar refractivity (Wildman–Crippen MR) is 63.3 cm³/mol. The van der Waals surface area contributed by atoms with Crippen molar-refractivity contribution in [2.24, 2.45) is 5.92 Å². The zero-order valence-corrected chi connectivity index (χ0v) is 10.7. The molecule has 1 aliphatic carbocycles. The first kappa shape index (κ1) is 13.9. The molecule has 19 heavy (non-hydrogen) atoms. The molecule has 2 unspecified atom stereocenters. The fourth-order valence-corrected chi connectivity index (χ4v) is 3.45. The van der Waals surface area contributed by atoms with E-state index in [9.17, 15) is 17.6 Å². The van der Waals surface area contributed by atoms with Gasteiger partial charge in [-0.3, -0.25) is 4.79 Å². The van der Waals surface area contributed by atoms with E-state index >= 15 is 0 Å². The number of carboxylic acid groups (broad SMARTS) is 1. The minimum atomic E-state index is -4.05. The highest BCUT2D eigenvalue weighted by Gasteiger charge is 2.33. The second kappa shape index (κ2) is 5.22. The minimum absolute atomic E-state index is 0.211. The molecule has 1 heterocycles. The fraction of sp³-hybridized carbons (Fsp3) is 0.455. The number of pyridine rings is 1. The summed E-state index contributed by atoms with van der Waals surface area (Å²) in [5.41, 5.74) is 0. The normalized spacial score (nSPS) is 23.4. The van der Waals surface area contributed by atoms with Gasteiger partial charge in [-0.05, 0) is 31.4 Å². The van der Waals surface area contributed by atoms with Gasteiger partial charge in [0.1, 0.15) is 0 Å². The first-order chi connectivity index (χ1) is 8.90. The van der Waals surface area contributed by atoms with E-state index in [2.05, 4.69) is 9.71 Å². The molecule has 0 saturated heterocycles. The maximum atomic E-state index is 13.4. The molecule has 0 aromatic carbocycles. The van der Waals surface area contributed by atoms with Gasteiger partial charge in [0.05, 0.1) is 5.92 Å². The Hall–Kier alpha value is -1.54. The van der Waals surface area contributed by atoms with Crippen LogP contribution >= 0.6 is 0 Å². The highest BCUT2D eigenvalue weighted by Crippen LogP contribution is 2.27. The van der Waals surface area contributed by atoms with Gasteiger partial charge >= 0.3 is 5.97 Å². The van der Waals surface area contributed by atoms with Gasteiger partial charge in [0, 0.05) is 12.2 Å². The number of aromatic nitrogens is 1. The lowest BCUT2D eigenvalue weighted by atomic mass is 10.1. The van der Waals surface area contributed by atoms with Crippen molar-refractivity contribution in [1.82, 2.24) is 9.71 Å². The third-order valence-corrected chi connectivity index (χ3v) is 4.54. The standard InChI is InChI=1S/C11H13FN2O4S/c12-9-2-1-5-13-10(9)19(17,18)14-8-4-3-7(6-8)11(15)16/h1-2,5,7-8,14H,3-4,6H2,(H,15,16). The van der Waals surface area contributed by atoms with Gasteiger partial charge in [-0.2, -0.15) is 0 Å². The molecule has 104 valence electrons. The molecule has 0 bridgehead atoms. The van der Waals surface area contributed by atoms with E-state index in [1.807, 2.05) is 0 Å². The predicted octanol–water partition coefficient (Wildman–Crippen LogP) is 0.752. The molecule has 0 aliphatic heterocycles. The molecule has 0 amide bonds. The molecule has 2 N–H and O–H groups in total. The first-order valence-corrected chi connectivity index (χ1v) is 7.24. The molecule has 1 fully saturated rings. The lowest BCUT2D eigenvalue weighted by Crippen LogP contribution is -2.34. The van der Waals surface area contributed by atoms with E-state index in [4.69, 9.17) is 5.11 Å². The summed E-state index contributed by atoms with van der Waals surface area (Å²) in [5, 5.41) is 8.18. The SMILES string of the molecule is O=C(O)C1CCC(NS(=O)(=O)c2ncccc2F)C1. The van der Waals surface area contributed by atoms with Crippen LogP contribution in [0.1, 0.15) is 19.3 Å². The Morgan fingerprint density at radius 3 is 2.79 bits per heavy atom. The molecule has 1 saturated carbocycles. The summed E-state index contributed by atoms with van der Waals surface area (Å²) in [7, 11) is -4.05. The van der Waals surface area contributed by atoms with Crippen molar-refractivity contribution in [2.45, 2.75) is 30.3 Å². The summed E-state index contributed by atoms with van der Waals surface area (Å²) >= 11 is 0. The van der Waals surface area contributed by atoms with Crippen LogP contribution in [0.3, 0.4) is 0 Å². The number of hydrogen-bond donors (Lipinski definition) is 2. The number of aliphatic carboxylic acids is 1. The molecule has 0 spiro atoms. The maximum absolute atomic E-state index is 13.4. The van der Waals surface area contributed by atoms with Crippen LogP contribution in [0.5, 0.6) is 0 Å². The minimum Gasteiger partial charge on any atom is -0.481 e. The van der Waals surface area contributed by atoms with Crippen molar-refractivity contribution in [1.29, 1.82) is 0 Å². The average molecular weight is 288 g/mol. The van der Waals surface area contributed by atoms with Gasteiger partial charge in [0.15, 0.2) is 5.82 Å². The Kier molecular flexibility index (Phi) is 3.81. The maximum Gasteiger partial charge on any atom is 0.306 e. The summed E-state index contributed by atoms with van der Waals surface area (Å²) in [5.74, 6) is -2.42. The molecular weight excluding hydrogens is 275 g/mol. The van der Waals surface area contributed by atoms with E-state index in [0.29, 0.717) is 12.8 Å². The summed E-state index contributed by atoms with van der Waals surface area (Å²) < 4.78 is 39.5. The molecule has 0 radical (unpaired) electrons. The van der Waals surface area contributed by atoms with Gasteiger partial charge in [-0.25, -0.2) is 22.5 Å². The second-order valence-electron chi connectivity index (χ2n) is 4.46. The molecular formula is C11H13FN2O4S. The molecule has 8 heteroatoms. The Morgan fingerprint density at radius 2 is 2.21 bits per heavy atom. The smallest absolute Gasteiger partial charge is 0.306 e. The van der Waals surface area contributed by atoms with Crippen molar-refractivity contribution in [3.63, 3.8) is 0 Å². The number of sulfonamides is 1. The van der Waals surface area contributed by atoms with E-state index in [-0.39, 0.29) is 6.42 Å². The second-order valence-corrected chi connectivity index (χ2v) is 6.09. The van der Waals surface area contributed by atoms with E-state index in [0.717, 1.165) is 6.07 Å². The van der Waals surface area contributed by atoms with Crippen LogP contribution in [-0.4, -0.2) is 30.5 Å². The third-order valence-electron chi connectivity index (χ3n) is 3.08. The highest BCUT2D eigenvalue weighted by molar-refractivity contribution is 7.89. The Labute approximate surface area is 109 Å². The van der Waals surface area contributed by atoms with Crippen LogP contribution in [0.15, 0.2) is 23.4 Å². The van der Waals surface area contributed by atoms with Crippen LogP contribution in [0.2, 0.25) is 0 Å². The zero-order valence-electron chi connectivity index (χ0n) is 9.91. The Morgan fingerprint density at radius 1 is 1.47 bits per heavy atom. The van der Waals surface area contributed by atoms with Crippen molar-refractivity contribution in [3.8, 4) is 0 Å². The lowest BCUT2D eigenvalue weighted by Gasteiger charge is -2.12. The molecule has 1 aromatic rings. The lowest BCUT2D eigenvalue weighted by molar-refractivity contribution is -0.141. The fourth-order valence-electron chi connectivity index (χ4n) is 2.16. The van der Waals surface area contributed by atoms with Crippen molar-refractivity contribution >= 4 is 16.0 Å². The van der Waals surface area contributed by atoms with Gasteiger partial charge < -0.3 is 5.11 Å². The number of hydrogen-bond acceptors (Lipinski definition) is 4. The third kappa shape index (κ3) is 3.07. The van der Waals surface area contributed by atoms with Crippen LogP contribution in [0.4, 0.5) is 4.39 Å². The largest absolute Gasteiger partial charge is 0.481 e. The van der Waals surface area contributed by atoms with E-state index < -0.39 is 38.8 Å². The highest BCUT2D eigenvalue weighted by atomic mass is 32.2. The van der Waals surface area contributed by atoms with Crippen LogP contribution in [-0.2, 0) is 14.8 Å². The summed E-state index contributed by atoms with van der Waals surface area (Å²) in [4.78, 5) is 14.3. The number of rotatable bonds is 4. The van der Waals surface area contributed by atoms with E-state index in [1.165, 1.54) is 12.3 Å². The molecule has 2 atom stereocenters. The van der Waals surface area contributed by atoms with Crippen LogP contribution in [0, 0.1) is 11.7 Å². The molecule has 6 nitrogen and oxygen atoms in total. The molecule has 2 rings (SSSR count). The van der Waals surface area contributed by atoms with Crippen molar-refractivity contribution in [2.75, 3.05) is 0 Å². The summed E-state index contributed by atoms with van der Waals surface area (Å²) in [6, 6.07) is 1.81. The Balaban J connectivity index is 2.11. The molecule has 1 aliphatic rings. The van der Waals surface area contributed by atoms with Crippen molar-refractivity contribution in [3.05, 3.63) is 24.1 Å². The van der Waals surface area contributed by atoms with Crippen LogP contribution in [0.25, 0.3) is 0 Å². The number of carboxylic acids is 1. The summed E-state index contributed by atoms with van der Waals surface area (Å²) in [6.07, 6.45) is 2.23. The van der Waals surface area contributed by atoms with Gasteiger partial charge in [-0.1, -0.05) is 0 Å². The molecule has 1 aromatic heterocycles. The average Bonchev–Trinajstić information content (AvgIpc) is 2.77. The Bertz CT molecular complexity index is 590. The zero-order chi connectivity index (χ0) is 14.0. The quantitative estimate of drug-likeness (QED) is 0.852. The van der Waals surface area contributed by atoms with Gasteiger partial charge in [-0.15, -0.1) is 0 Å². The van der Waals surface area contributed by atoms with Gasteiger partial charge in [0.25, 0.3) is 10.0 Å². The van der Waals surface area contributed by atoms with E-state index in [1.54, 1.807) is 0 Å². The monoisotopic (exact) mass is 288 g/mol. The summed E-state index contributed by atoms with van der Waals surface area (Å²) in [6.45, 7) is 0. The number of nitrogens with one attached hydrogen (secondary N) is 1. The number of halogens is 1. The topological polar surface area (TPSA) is 96.4 Å². The van der Waals surface area contributed by atoms with Gasteiger partial charge in [0.2, 0.25) is 5.03 Å². The van der Waals surface area contributed by atoms with Crippen molar-refractivity contribution < 1.29 is 22.7 Å². The first-order valence-electron chi connectivity index (χ1n) is 5.76. The van der Waals surface area contributed by atoms with Crippen LogP contribution < -0.4 is 4.72 Å². The number of carbonyl (C=O) groups is 1. The number of nitrogens with zero attached hydrogens (tertiary/aromatic N) is 1.